The number of nitrogens with one attached hydrogen (secondary N) is 1. The van der Waals surface area contributed by atoms with Gasteiger partial charge >= 0.3 is 5.97 Å². The van der Waals surface area contributed by atoms with E-state index >= 15 is 0 Å². The molecule has 0 radical (unpaired) electrons. The van der Waals surface area contributed by atoms with Gasteiger partial charge in [0.1, 0.15) is 0 Å². The third kappa shape index (κ3) is 5.80. The molecule has 1 aliphatic rings. The topological polar surface area (TPSA) is 69.6 Å². The predicted octanol–water partition coefficient (Wildman–Crippen LogP) is 2.80. The largest absolute Gasteiger partial charge is 0.481 e. The molecule has 20 heavy (non-hydrogen) atoms. The lowest BCUT2D eigenvalue weighted by atomic mass is 9.78. The second-order valence-corrected chi connectivity index (χ2v) is 6.38. The van der Waals surface area contributed by atoms with Crippen LogP contribution < -0.4 is 5.32 Å². The van der Waals surface area contributed by atoms with Crippen molar-refractivity contribution in [2.75, 3.05) is 13.1 Å². The fourth-order valence-corrected chi connectivity index (χ4v) is 3.03. The van der Waals surface area contributed by atoms with E-state index in [9.17, 15) is 9.90 Å². The summed E-state index contributed by atoms with van der Waals surface area (Å²) in [5.41, 5.74) is -0.699. The lowest BCUT2D eigenvalue weighted by Crippen LogP contribution is -2.45. The minimum atomic E-state index is -0.717. The fraction of sp³-hybridized carbons (Fsp3) is 0.938. The maximum absolute atomic E-state index is 10.9. The summed E-state index contributed by atoms with van der Waals surface area (Å²) in [7, 11) is 0. The van der Waals surface area contributed by atoms with Crippen molar-refractivity contribution in [2.24, 2.45) is 11.8 Å². The Morgan fingerprint density at radius 1 is 1.35 bits per heavy atom. The molecule has 1 saturated carbocycles. The zero-order chi connectivity index (χ0) is 15.0. The van der Waals surface area contributed by atoms with Gasteiger partial charge in [-0.05, 0) is 44.6 Å². The summed E-state index contributed by atoms with van der Waals surface area (Å²) in [4.78, 5) is 10.9. The number of hydrogen-bond donors (Lipinski definition) is 3. The van der Waals surface area contributed by atoms with Crippen LogP contribution >= 0.6 is 0 Å². The van der Waals surface area contributed by atoms with Crippen LogP contribution in [0.15, 0.2) is 0 Å². The van der Waals surface area contributed by atoms with Gasteiger partial charge in [-0.3, -0.25) is 4.79 Å². The molecule has 0 heterocycles. The van der Waals surface area contributed by atoms with Gasteiger partial charge < -0.3 is 15.5 Å². The quantitative estimate of drug-likeness (QED) is 0.609. The number of hydrogen-bond acceptors (Lipinski definition) is 3. The van der Waals surface area contributed by atoms with Crippen LogP contribution in [-0.2, 0) is 4.79 Å². The van der Waals surface area contributed by atoms with Crippen molar-refractivity contribution in [1.82, 2.24) is 5.32 Å². The Balaban J connectivity index is 2.25. The summed E-state index contributed by atoms with van der Waals surface area (Å²) in [6, 6.07) is 0. The minimum Gasteiger partial charge on any atom is -0.481 e. The molecule has 1 unspecified atom stereocenters. The maximum Gasteiger partial charge on any atom is 0.306 e. The number of carboxylic acids is 1. The van der Waals surface area contributed by atoms with Crippen molar-refractivity contribution in [2.45, 2.75) is 70.8 Å². The molecule has 4 heteroatoms. The van der Waals surface area contributed by atoms with Gasteiger partial charge in [-0.25, -0.2) is 0 Å². The van der Waals surface area contributed by atoms with E-state index < -0.39 is 11.6 Å². The van der Waals surface area contributed by atoms with E-state index in [1.165, 1.54) is 25.7 Å². The third-order valence-corrected chi connectivity index (χ3v) is 4.70. The van der Waals surface area contributed by atoms with Gasteiger partial charge in [0.2, 0.25) is 0 Å². The predicted molar refractivity (Wildman–Crippen MR) is 80.7 cm³/mol. The monoisotopic (exact) mass is 285 g/mol. The van der Waals surface area contributed by atoms with Crippen molar-refractivity contribution in [3.8, 4) is 0 Å². The van der Waals surface area contributed by atoms with Crippen molar-refractivity contribution in [3.63, 3.8) is 0 Å². The SMILES string of the molecule is CCCCC(CC)CNCC1(O)CCC(C(=O)O)CC1. The van der Waals surface area contributed by atoms with Gasteiger partial charge in [0.25, 0.3) is 0 Å². The van der Waals surface area contributed by atoms with Crippen molar-refractivity contribution in [1.29, 1.82) is 0 Å². The van der Waals surface area contributed by atoms with Crippen molar-refractivity contribution in [3.05, 3.63) is 0 Å². The fourth-order valence-electron chi connectivity index (χ4n) is 3.03. The van der Waals surface area contributed by atoms with Gasteiger partial charge in [0.15, 0.2) is 0 Å². The smallest absolute Gasteiger partial charge is 0.306 e. The Morgan fingerprint density at radius 3 is 2.50 bits per heavy atom. The van der Waals surface area contributed by atoms with Gasteiger partial charge in [-0.15, -0.1) is 0 Å². The molecule has 0 saturated heterocycles. The maximum atomic E-state index is 10.9. The number of aliphatic hydroxyl groups is 1. The number of carboxylic acid groups (broad SMARTS) is 1. The first kappa shape index (κ1) is 17.4. The minimum absolute atomic E-state index is 0.261. The molecule has 1 atom stereocenters. The highest BCUT2D eigenvalue weighted by Gasteiger charge is 2.35. The van der Waals surface area contributed by atoms with Crippen LogP contribution in [0.5, 0.6) is 0 Å². The average molecular weight is 285 g/mol. The standard InChI is InChI=1S/C16H31NO3/c1-3-5-6-13(4-2)11-17-12-16(20)9-7-14(8-10-16)15(18)19/h13-14,17,20H,3-12H2,1-2H3,(H,18,19). The molecule has 1 rings (SSSR count). The second-order valence-electron chi connectivity index (χ2n) is 6.38. The number of unbranched alkanes of at least 4 members (excludes halogenated alkanes) is 1. The van der Waals surface area contributed by atoms with Crippen LogP contribution in [0.3, 0.4) is 0 Å². The highest BCUT2D eigenvalue weighted by atomic mass is 16.4. The van der Waals surface area contributed by atoms with Gasteiger partial charge in [0.05, 0.1) is 11.5 Å². The number of carbonyl (C=O) groups is 1. The van der Waals surface area contributed by atoms with E-state index in [1.807, 2.05) is 0 Å². The Hall–Kier alpha value is -0.610. The zero-order valence-corrected chi connectivity index (χ0v) is 13.0. The average Bonchev–Trinajstić information content (AvgIpc) is 2.43. The van der Waals surface area contributed by atoms with Gasteiger partial charge in [-0.1, -0.05) is 33.1 Å². The third-order valence-electron chi connectivity index (χ3n) is 4.70. The first-order valence-electron chi connectivity index (χ1n) is 8.16. The molecule has 0 spiro atoms. The van der Waals surface area contributed by atoms with Gasteiger partial charge in [0, 0.05) is 6.54 Å². The van der Waals surface area contributed by atoms with Crippen molar-refractivity contribution < 1.29 is 15.0 Å². The molecule has 0 aromatic carbocycles. The van der Waals surface area contributed by atoms with E-state index in [0.717, 1.165) is 6.54 Å². The number of aliphatic carboxylic acids is 1. The number of rotatable bonds is 9. The first-order chi connectivity index (χ1) is 9.50. The molecular formula is C16H31NO3. The Labute approximate surface area is 123 Å². The molecule has 4 nitrogen and oxygen atoms in total. The molecule has 1 aliphatic carbocycles. The zero-order valence-electron chi connectivity index (χ0n) is 13.0. The molecule has 3 N–H and O–H groups in total. The van der Waals surface area contributed by atoms with Crippen LogP contribution in [0, 0.1) is 11.8 Å². The summed E-state index contributed by atoms with van der Waals surface area (Å²) in [5, 5.41) is 22.9. The van der Waals surface area contributed by atoms with E-state index in [0.29, 0.717) is 38.1 Å². The van der Waals surface area contributed by atoms with E-state index in [1.54, 1.807) is 0 Å². The molecule has 1 fully saturated rings. The summed E-state index contributed by atoms with van der Waals surface area (Å²) in [6.45, 7) is 5.99. The summed E-state index contributed by atoms with van der Waals surface area (Å²) in [5.74, 6) is -0.289. The second kappa shape index (κ2) is 8.63. The molecule has 0 aromatic heterocycles. The Bertz CT molecular complexity index is 285. The van der Waals surface area contributed by atoms with Gasteiger partial charge in [-0.2, -0.15) is 0 Å². The van der Waals surface area contributed by atoms with E-state index in [-0.39, 0.29) is 5.92 Å². The molecule has 0 aromatic rings. The van der Waals surface area contributed by atoms with Crippen LogP contribution in [0.4, 0.5) is 0 Å². The highest BCUT2D eigenvalue weighted by Crippen LogP contribution is 2.31. The summed E-state index contributed by atoms with van der Waals surface area (Å²) in [6.07, 6.45) is 7.32. The first-order valence-corrected chi connectivity index (χ1v) is 8.16. The molecule has 0 aliphatic heterocycles. The summed E-state index contributed by atoms with van der Waals surface area (Å²) >= 11 is 0. The van der Waals surface area contributed by atoms with Crippen LogP contribution in [0.2, 0.25) is 0 Å². The lowest BCUT2D eigenvalue weighted by Gasteiger charge is -2.35. The normalized spacial score (nSPS) is 28.2. The van der Waals surface area contributed by atoms with E-state index in [4.69, 9.17) is 5.11 Å². The Kier molecular flexibility index (Phi) is 7.52. The van der Waals surface area contributed by atoms with Crippen molar-refractivity contribution >= 4 is 5.97 Å². The Morgan fingerprint density at radius 2 is 2.00 bits per heavy atom. The van der Waals surface area contributed by atoms with Crippen LogP contribution in [0.25, 0.3) is 0 Å². The lowest BCUT2D eigenvalue weighted by molar-refractivity contribution is -0.144. The molecular weight excluding hydrogens is 254 g/mol. The summed E-state index contributed by atoms with van der Waals surface area (Å²) < 4.78 is 0. The highest BCUT2D eigenvalue weighted by molar-refractivity contribution is 5.70. The molecule has 0 bridgehead atoms. The van der Waals surface area contributed by atoms with Crippen LogP contribution in [0.1, 0.15) is 65.2 Å². The molecule has 0 amide bonds. The van der Waals surface area contributed by atoms with E-state index in [2.05, 4.69) is 19.2 Å². The molecule has 118 valence electrons. The van der Waals surface area contributed by atoms with Crippen LogP contribution in [-0.4, -0.2) is 34.9 Å².